The molecule has 2 nitrogen and oxygen atoms in total. The minimum Gasteiger partial charge on any atom is -0.311 e. The van der Waals surface area contributed by atoms with E-state index in [9.17, 15) is 0 Å². The third-order valence-corrected chi connectivity index (χ3v) is 3.12. The molecule has 0 amide bonds. The van der Waals surface area contributed by atoms with E-state index in [2.05, 4.69) is 24.2 Å². The van der Waals surface area contributed by atoms with E-state index in [1.165, 1.54) is 19.4 Å². The Morgan fingerprint density at radius 2 is 2.40 bits per heavy atom. The van der Waals surface area contributed by atoms with Crippen molar-refractivity contribution in [2.75, 3.05) is 13.6 Å². The molecule has 0 aromatic heterocycles. The van der Waals surface area contributed by atoms with Crippen molar-refractivity contribution in [1.82, 2.24) is 10.2 Å². The van der Waals surface area contributed by atoms with Gasteiger partial charge in [-0.15, -0.1) is 0 Å². The molecule has 2 rings (SSSR count). The summed E-state index contributed by atoms with van der Waals surface area (Å²) in [5.74, 6) is 0. The van der Waals surface area contributed by atoms with Gasteiger partial charge in [0.2, 0.25) is 0 Å². The number of nitrogens with zero attached hydrogens (tertiary/aromatic N) is 1. The van der Waals surface area contributed by atoms with E-state index in [0.29, 0.717) is 0 Å². The summed E-state index contributed by atoms with van der Waals surface area (Å²) in [6.07, 6.45) is 2.68. The zero-order valence-electron chi connectivity index (χ0n) is 6.80. The quantitative estimate of drug-likeness (QED) is 0.568. The van der Waals surface area contributed by atoms with Crippen LogP contribution in [0.3, 0.4) is 0 Å². The number of fused-ring (bicyclic) bond motifs is 2. The predicted octanol–water partition coefficient (Wildman–Crippen LogP) is 0.441. The van der Waals surface area contributed by atoms with Crippen LogP contribution in [-0.2, 0) is 0 Å². The van der Waals surface area contributed by atoms with Crippen molar-refractivity contribution in [2.24, 2.45) is 0 Å². The average molecular weight is 140 g/mol. The second kappa shape index (κ2) is 2.21. The van der Waals surface area contributed by atoms with Crippen LogP contribution in [0.1, 0.15) is 19.8 Å². The van der Waals surface area contributed by atoms with Gasteiger partial charge in [-0.05, 0) is 19.9 Å². The van der Waals surface area contributed by atoms with E-state index in [0.717, 1.165) is 18.1 Å². The Kier molecular flexibility index (Phi) is 1.46. The Bertz CT molecular complexity index is 133. The van der Waals surface area contributed by atoms with Crippen molar-refractivity contribution in [1.29, 1.82) is 0 Å². The number of hydrogen-bond donors (Lipinski definition) is 1. The fourth-order valence-corrected chi connectivity index (χ4v) is 2.48. The molecule has 0 aliphatic carbocycles. The first kappa shape index (κ1) is 6.62. The molecule has 1 N–H and O–H groups in total. The summed E-state index contributed by atoms with van der Waals surface area (Å²) in [4.78, 5) is 2.54. The summed E-state index contributed by atoms with van der Waals surface area (Å²) >= 11 is 0. The average Bonchev–Trinajstić information content (AvgIpc) is 2.46. The highest BCUT2D eigenvalue weighted by Crippen LogP contribution is 2.29. The molecule has 0 aromatic carbocycles. The van der Waals surface area contributed by atoms with Gasteiger partial charge in [-0.1, -0.05) is 6.92 Å². The second-order valence-electron chi connectivity index (χ2n) is 3.55. The lowest BCUT2D eigenvalue weighted by molar-refractivity contribution is 0.188. The monoisotopic (exact) mass is 140 g/mol. The molecule has 58 valence electrons. The molecule has 2 aliphatic rings. The van der Waals surface area contributed by atoms with Crippen molar-refractivity contribution >= 4 is 0 Å². The molecule has 2 unspecified atom stereocenters. The van der Waals surface area contributed by atoms with Crippen LogP contribution < -0.4 is 5.32 Å². The first-order valence-corrected chi connectivity index (χ1v) is 4.28. The molecule has 2 heteroatoms. The third kappa shape index (κ3) is 0.722. The van der Waals surface area contributed by atoms with E-state index in [-0.39, 0.29) is 0 Å². The van der Waals surface area contributed by atoms with Gasteiger partial charge in [-0.3, -0.25) is 4.90 Å². The summed E-state index contributed by atoms with van der Waals surface area (Å²) in [7, 11) is 2.26. The van der Waals surface area contributed by atoms with Gasteiger partial charge >= 0.3 is 0 Å². The van der Waals surface area contributed by atoms with Gasteiger partial charge in [0, 0.05) is 24.7 Å². The van der Waals surface area contributed by atoms with Crippen LogP contribution in [0.4, 0.5) is 0 Å². The van der Waals surface area contributed by atoms with Crippen molar-refractivity contribution < 1.29 is 0 Å². The first-order chi connectivity index (χ1) is 4.83. The van der Waals surface area contributed by atoms with Crippen molar-refractivity contribution in [3.05, 3.63) is 0 Å². The van der Waals surface area contributed by atoms with Crippen LogP contribution in [0.5, 0.6) is 0 Å². The van der Waals surface area contributed by atoms with Crippen LogP contribution in [0.15, 0.2) is 0 Å². The summed E-state index contributed by atoms with van der Waals surface area (Å²) < 4.78 is 0. The Labute approximate surface area is 62.6 Å². The molecule has 2 bridgehead atoms. The van der Waals surface area contributed by atoms with E-state index >= 15 is 0 Å². The van der Waals surface area contributed by atoms with Gasteiger partial charge in [-0.2, -0.15) is 0 Å². The zero-order chi connectivity index (χ0) is 7.14. The summed E-state index contributed by atoms with van der Waals surface area (Å²) in [5.41, 5.74) is 0. The van der Waals surface area contributed by atoms with Crippen LogP contribution >= 0.6 is 0 Å². The van der Waals surface area contributed by atoms with Gasteiger partial charge in [0.15, 0.2) is 0 Å². The number of likely N-dealkylation sites (tertiary alicyclic amines) is 1. The van der Waals surface area contributed by atoms with Crippen LogP contribution in [0.2, 0.25) is 0 Å². The minimum absolute atomic E-state index is 0.806. The molecule has 2 aliphatic heterocycles. The Morgan fingerprint density at radius 3 is 2.80 bits per heavy atom. The van der Waals surface area contributed by atoms with Crippen LogP contribution in [-0.4, -0.2) is 36.6 Å². The second-order valence-corrected chi connectivity index (χ2v) is 3.55. The van der Waals surface area contributed by atoms with E-state index in [1.807, 2.05) is 0 Å². The van der Waals surface area contributed by atoms with E-state index in [4.69, 9.17) is 0 Å². The van der Waals surface area contributed by atoms with Gasteiger partial charge in [-0.25, -0.2) is 0 Å². The molecule has 0 spiro atoms. The topological polar surface area (TPSA) is 15.3 Å². The number of hydrogen-bond acceptors (Lipinski definition) is 2. The van der Waals surface area contributed by atoms with Gasteiger partial charge < -0.3 is 5.32 Å². The summed E-state index contributed by atoms with van der Waals surface area (Å²) in [6.45, 7) is 3.50. The van der Waals surface area contributed by atoms with E-state index < -0.39 is 0 Å². The molecule has 0 radical (unpaired) electrons. The largest absolute Gasteiger partial charge is 0.311 e. The van der Waals surface area contributed by atoms with Crippen LogP contribution in [0, 0.1) is 0 Å². The predicted molar refractivity (Wildman–Crippen MR) is 42.0 cm³/mol. The Hall–Kier alpha value is -0.0800. The maximum absolute atomic E-state index is 3.55. The Morgan fingerprint density at radius 1 is 1.60 bits per heavy atom. The Balaban J connectivity index is 2.10. The molecule has 2 saturated heterocycles. The fraction of sp³-hybridized carbons (Fsp3) is 1.00. The maximum Gasteiger partial charge on any atom is 0.0247 e. The molecular formula is C8H16N2. The summed E-state index contributed by atoms with van der Waals surface area (Å²) in [6, 6.07) is 2.47. The molecule has 0 aromatic rings. The molecule has 3 atom stereocenters. The van der Waals surface area contributed by atoms with Crippen molar-refractivity contribution in [2.45, 2.75) is 37.9 Å². The normalized spacial score (nSPS) is 46.8. The molecule has 10 heavy (non-hydrogen) atoms. The van der Waals surface area contributed by atoms with Crippen molar-refractivity contribution in [3.8, 4) is 0 Å². The SMILES string of the molecule is CC[C@H]1C2CC(CN2)N1C. The van der Waals surface area contributed by atoms with Gasteiger partial charge in [0.05, 0.1) is 0 Å². The van der Waals surface area contributed by atoms with Crippen molar-refractivity contribution in [3.63, 3.8) is 0 Å². The van der Waals surface area contributed by atoms with Gasteiger partial charge in [0.1, 0.15) is 0 Å². The van der Waals surface area contributed by atoms with Crippen LogP contribution in [0.25, 0.3) is 0 Å². The lowest BCUT2D eigenvalue weighted by atomic mass is 10.1. The molecule has 0 saturated carbocycles. The number of rotatable bonds is 1. The fourth-order valence-electron chi connectivity index (χ4n) is 2.48. The highest BCUT2D eigenvalue weighted by atomic mass is 15.3. The summed E-state index contributed by atoms with van der Waals surface area (Å²) in [5, 5.41) is 3.55. The zero-order valence-corrected chi connectivity index (χ0v) is 6.80. The maximum atomic E-state index is 3.55. The highest BCUT2D eigenvalue weighted by Gasteiger charge is 2.42. The molecule has 2 heterocycles. The lowest BCUT2D eigenvalue weighted by Crippen LogP contribution is -2.48. The molecular weight excluding hydrogens is 124 g/mol. The standard InChI is InChI=1S/C8H16N2/c1-3-8-7-4-6(5-9-7)10(8)2/h6-9H,3-5H2,1-2H3/t6?,7?,8-/m0/s1. The lowest BCUT2D eigenvalue weighted by Gasteiger charge is -2.31. The smallest absolute Gasteiger partial charge is 0.0247 e. The minimum atomic E-state index is 0.806. The number of nitrogens with one attached hydrogen (secondary N) is 1. The van der Waals surface area contributed by atoms with E-state index in [1.54, 1.807) is 0 Å². The highest BCUT2D eigenvalue weighted by molar-refractivity contribution is 5.02. The number of likely N-dealkylation sites (N-methyl/N-ethyl adjacent to an activating group) is 1. The number of piperazine rings is 1. The first-order valence-electron chi connectivity index (χ1n) is 4.28. The van der Waals surface area contributed by atoms with Gasteiger partial charge in [0.25, 0.3) is 0 Å². The molecule has 2 fully saturated rings. The third-order valence-electron chi connectivity index (χ3n) is 3.12.